The maximum absolute atomic E-state index is 10.2. The van der Waals surface area contributed by atoms with Crippen molar-refractivity contribution in [1.29, 1.82) is 0 Å². The number of benzene rings is 1. The lowest BCUT2D eigenvalue weighted by molar-refractivity contribution is 0.00224. The van der Waals surface area contributed by atoms with Crippen LogP contribution in [0.5, 0.6) is 0 Å². The molecule has 1 N–H and O–H groups in total. The van der Waals surface area contributed by atoms with E-state index in [-0.39, 0.29) is 0 Å². The second kappa shape index (κ2) is 9.50. The van der Waals surface area contributed by atoms with Crippen LogP contribution in [0.2, 0.25) is 0 Å². The van der Waals surface area contributed by atoms with Gasteiger partial charge in [0.2, 0.25) is 0 Å². The molecule has 0 aliphatic carbocycles. The first-order valence-corrected chi connectivity index (χ1v) is 8.18. The highest BCUT2D eigenvalue weighted by molar-refractivity contribution is 5.14. The molecule has 23 heavy (non-hydrogen) atoms. The van der Waals surface area contributed by atoms with Crippen LogP contribution >= 0.6 is 0 Å². The molecule has 0 radical (unpaired) electrons. The molecule has 4 nitrogen and oxygen atoms in total. The number of furan rings is 1. The zero-order valence-electron chi connectivity index (χ0n) is 14.0. The van der Waals surface area contributed by atoms with Gasteiger partial charge < -0.3 is 14.3 Å². The fraction of sp³-hybridized carbons (Fsp3) is 0.474. The van der Waals surface area contributed by atoms with E-state index in [2.05, 4.69) is 30.9 Å². The van der Waals surface area contributed by atoms with E-state index in [9.17, 15) is 5.11 Å². The minimum absolute atomic E-state index is 0.310. The first-order chi connectivity index (χ1) is 11.1. The highest BCUT2D eigenvalue weighted by atomic mass is 16.5. The predicted octanol–water partition coefficient (Wildman–Crippen LogP) is 3.32. The van der Waals surface area contributed by atoms with Crippen molar-refractivity contribution in [2.45, 2.75) is 33.1 Å². The molecule has 1 unspecified atom stereocenters. The van der Waals surface area contributed by atoms with Crippen LogP contribution in [-0.4, -0.2) is 35.8 Å². The van der Waals surface area contributed by atoms with Gasteiger partial charge in [0, 0.05) is 19.6 Å². The average molecular weight is 317 g/mol. The quantitative estimate of drug-likeness (QED) is 0.730. The Balaban J connectivity index is 1.78. The molecular weight excluding hydrogens is 290 g/mol. The zero-order valence-corrected chi connectivity index (χ0v) is 14.0. The summed E-state index contributed by atoms with van der Waals surface area (Å²) < 4.78 is 10.7. The van der Waals surface area contributed by atoms with Crippen LogP contribution < -0.4 is 0 Å². The summed E-state index contributed by atoms with van der Waals surface area (Å²) in [6, 6.07) is 14.1. The van der Waals surface area contributed by atoms with Crippen LogP contribution in [0, 0.1) is 5.92 Å². The normalized spacial score (nSPS) is 12.9. The molecule has 0 aliphatic rings. The van der Waals surface area contributed by atoms with Gasteiger partial charge in [0.25, 0.3) is 0 Å². The summed E-state index contributed by atoms with van der Waals surface area (Å²) in [5.41, 5.74) is 1.26. The van der Waals surface area contributed by atoms with Gasteiger partial charge in [-0.2, -0.15) is 0 Å². The van der Waals surface area contributed by atoms with Crippen molar-refractivity contribution in [3.63, 3.8) is 0 Å². The van der Waals surface area contributed by atoms with Gasteiger partial charge in [-0.25, -0.2) is 0 Å². The molecule has 0 spiro atoms. The molecule has 1 atom stereocenters. The average Bonchev–Trinajstić information content (AvgIpc) is 3.01. The Labute approximate surface area is 138 Å². The van der Waals surface area contributed by atoms with Crippen molar-refractivity contribution >= 4 is 0 Å². The molecule has 0 amide bonds. The molecule has 2 rings (SSSR count). The first kappa shape index (κ1) is 17.7. The van der Waals surface area contributed by atoms with Gasteiger partial charge in [0.05, 0.1) is 19.0 Å². The second-order valence-corrected chi connectivity index (χ2v) is 6.32. The molecule has 0 aliphatic heterocycles. The fourth-order valence-electron chi connectivity index (χ4n) is 2.60. The van der Waals surface area contributed by atoms with Crippen molar-refractivity contribution in [1.82, 2.24) is 4.90 Å². The van der Waals surface area contributed by atoms with E-state index < -0.39 is 6.10 Å². The van der Waals surface area contributed by atoms with Gasteiger partial charge in [0.15, 0.2) is 0 Å². The lowest BCUT2D eigenvalue weighted by atomic mass is 10.1. The molecule has 126 valence electrons. The SMILES string of the molecule is CC(C)CN(Cc1ccccc1)CC(O)COCc1ccco1. The third kappa shape index (κ3) is 6.99. The Morgan fingerprint density at radius 3 is 2.52 bits per heavy atom. The third-order valence-electron chi connectivity index (χ3n) is 3.48. The number of hydrogen-bond donors (Lipinski definition) is 1. The van der Waals surface area contributed by atoms with E-state index in [0.29, 0.717) is 25.7 Å². The van der Waals surface area contributed by atoms with Gasteiger partial charge in [0.1, 0.15) is 12.4 Å². The van der Waals surface area contributed by atoms with Crippen LogP contribution in [0.1, 0.15) is 25.2 Å². The summed E-state index contributed by atoms with van der Waals surface area (Å²) in [5.74, 6) is 1.33. The number of nitrogens with zero attached hydrogens (tertiary/aromatic N) is 1. The Bertz CT molecular complexity index is 525. The van der Waals surface area contributed by atoms with Gasteiger partial charge in [-0.1, -0.05) is 44.2 Å². The van der Waals surface area contributed by atoms with Gasteiger partial charge in [-0.15, -0.1) is 0 Å². The van der Waals surface area contributed by atoms with E-state index in [4.69, 9.17) is 9.15 Å². The minimum atomic E-state index is -0.507. The van der Waals surface area contributed by atoms with Crippen LogP contribution in [0.15, 0.2) is 53.1 Å². The number of aliphatic hydroxyl groups excluding tert-OH is 1. The number of rotatable bonds is 10. The predicted molar refractivity (Wildman–Crippen MR) is 90.9 cm³/mol. The van der Waals surface area contributed by atoms with Crippen molar-refractivity contribution in [2.24, 2.45) is 5.92 Å². The highest BCUT2D eigenvalue weighted by Crippen LogP contribution is 2.09. The maximum Gasteiger partial charge on any atom is 0.129 e. The summed E-state index contributed by atoms with van der Waals surface area (Å²) in [6.07, 6.45) is 1.12. The molecule has 0 saturated carbocycles. The largest absolute Gasteiger partial charge is 0.467 e. The summed E-state index contributed by atoms with van der Waals surface area (Å²) >= 11 is 0. The number of aliphatic hydroxyl groups is 1. The Morgan fingerprint density at radius 2 is 1.87 bits per heavy atom. The van der Waals surface area contributed by atoms with E-state index in [0.717, 1.165) is 18.8 Å². The Kier molecular flexibility index (Phi) is 7.33. The second-order valence-electron chi connectivity index (χ2n) is 6.32. The molecule has 0 saturated heterocycles. The standard InChI is InChI=1S/C19H27NO3/c1-16(2)11-20(12-17-7-4-3-5-8-17)13-18(21)14-22-15-19-9-6-10-23-19/h3-10,16,18,21H,11-15H2,1-2H3. The maximum atomic E-state index is 10.2. The summed E-state index contributed by atoms with van der Waals surface area (Å²) in [5, 5.41) is 10.2. The van der Waals surface area contributed by atoms with Crippen LogP contribution in [0.25, 0.3) is 0 Å². The molecule has 1 aromatic carbocycles. The van der Waals surface area contributed by atoms with E-state index in [1.807, 2.05) is 30.3 Å². The summed E-state index contributed by atoms with van der Waals surface area (Å²) in [7, 11) is 0. The smallest absolute Gasteiger partial charge is 0.129 e. The molecular formula is C19H27NO3. The zero-order chi connectivity index (χ0) is 16.5. The summed E-state index contributed by atoms with van der Waals surface area (Å²) in [4.78, 5) is 2.28. The Hall–Kier alpha value is -1.62. The lowest BCUT2D eigenvalue weighted by Crippen LogP contribution is -2.36. The van der Waals surface area contributed by atoms with Crippen molar-refractivity contribution in [3.05, 3.63) is 60.1 Å². The van der Waals surface area contributed by atoms with Gasteiger partial charge in [-0.05, 0) is 23.6 Å². The van der Waals surface area contributed by atoms with E-state index in [1.165, 1.54) is 5.56 Å². The molecule has 0 fully saturated rings. The molecule has 1 aromatic heterocycles. The van der Waals surface area contributed by atoms with Crippen molar-refractivity contribution < 1.29 is 14.3 Å². The van der Waals surface area contributed by atoms with Crippen molar-refractivity contribution in [2.75, 3.05) is 19.7 Å². The van der Waals surface area contributed by atoms with Crippen LogP contribution in [0.4, 0.5) is 0 Å². The van der Waals surface area contributed by atoms with Gasteiger partial charge in [-0.3, -0.25) is 4.90 Å². The van der Waals surface area contributed by atoms with Crippen molar-refractivity contribution in [3.8, 4) is 0 Å². The van der Waals surface area contributed by atoms with E-state index in [1.54, 1.807) is 6.26 Å². The van der Waals surface area contributed by atoms with E-state index >= 15 is 0 Å². The van der Waals surface area contributed by atoms with Crippen LogP contribution in [0.3, 0.4) is 0 Å². The van der Waals surface area contributed by atoms with Crippen LogP contribution in [-0.2, 0) is 17.9 Å². The fourth-order valence-corrected chi connectivity index (χ4v) is 2.60. The molecule has 2 aromatic rings. The summed E-state index contributed by atoms with van der Waals surface area (Å²) in [6.45, 7) is 7.48. The monoisotopic (exact) mass is 317 g/mol. The minimum Gasteiger partial charge on any atom is -0.467 e. The molecule has 0 bridgehead atoms. The van der Waals surface area contributed by atoms with Gasteiger partial charge >= 0.3 is 0 Å². The molecule has 1 heterocycles. The topological polar surface area (TPSA) is 45.8 Å². The number of hydrogen-bond acceptors (Lipinski definition) is 4. The first-order valence-electron chi connectivity index (χ1n) is 8.18. The lowest BCUT2D eigenvalue weighted by Gasteiger charge is -2.26. The number of ether oxygens (including phenoxy) is 1. The Morgan fingerprint density at radius 1 is 1.09 bits per heavy atom. The third-order valence-corrected chi connectivity index (χ3v) is 3.48. The highest BCUT2D eigenvalue weighted by Gasteiger charge is 2.14. The molecule has 4 heteroatoms.